The van der Waals surface area contributed by atoms with Gasteiger partial charge < -0.3 is 10.2 Å². The van der Waals surface area contributed by atoms with Crippen LogP contribution in [0.1, 0.15) is 57.1 Å². The van der Waals surface area contributed by atoms with E-state index >= 15 is 0 Å². The number of rotatable bonds is 1. The number of aromatic nitrogens is 1. The van der Waals surface area contributed by atoms with E-state index in [4.69, 9.17) is 0 Å². The quantitative estimate of drug-likeness (QED) is 0.814. The van der Waals surface area contributed by atoms with E-state index in [-0.39, 0.29) is 6.10 Å². The van der Waals surface area contributed by atoms with Crippen molar-refractivity contribution in [3.8, 4) is 0 Å². The number of hydrogen-bond donors (Lipinski definition) is 2. The van der Waals surface area contributed by atoms with Gasteiger partial charge >= 0.3 is 0 Å². The lowest BCUT2D eigenvalue weighted by Crippen LogP contribution is -2.34. The third kappa shape index (κ3) is 2.98. The maximum absolute atomic E-state index is 11.2. The van der Waals surface area contributed by atoms with Crippen molar-refractivity contribution in [1.29, 1.82) is 0 Å². The highest BCUT2D eigenvalue weighted by atomic mass is 32.1. The van der Waals surface area contributed by atoms with Gasteiger partial charge in [0, 0.05) is 5.39 Å². The van der Waals surface area contributed by atoms with E-state index in [1.165, 1.54) is 24.4 Å². The number of fused-ring (bicyclic) bond motifs is 1. The lowest BCUT2D eigenvalue weighted by molar-refractivity contribution is -0.0303. The normalized spacial score (nSPS) is 26.0. The largest absolute Gasteiger partial charge is 0.383 e. The van der Waals surface area contributed by atoms with E-state index in [9.17, 15) is 10.2 Å². The predicted molar refractivity (Wildman–Crippen MR) is 85.6 cm³/mol. The number of aliphatic hydroxyl groups is 2. The zero-order valence-corrected chi connectivity index (χ0v) is 13.0. The molecule has 0 amide bonds. The minimum Gasteiger partial charge on any atom is -0.383 e. The molecule has 0 bridgehead atoms. The van der Waals surface area contributed by atoms with E-state index in [0.29, 0.717) is 18.5 Å². The second-order valence-electron chi connectivity index (χ2n) is 5.96. The van der Waals surface area contributed by atoms with Gasteiger partial charge in [0.25, 0.3) is 0 Å². The van der Waals surface area contributed by atoms with Crippen molar-refractivity contribution >= 4 is 21.6 Å². The molecule has 1 heterocycles. The van der Waals surface area contributed by atoms with Crippen LogP contribution in [0.2, 0.25) is 0 Å². The van der Waals surface area contributed by atoms with Crippen LogP contribution in [-0.2, 0) is 5.60 Å². The molecule has 1 saturated carbocycles. The van der Waals surface area contributed by atoms with Crippen molar-refractivity contribution in [2.45, 2.75) is 57.0 Å². The van der Waals surface area contributed by atoms with Crippen LogP contribution in [0.4, 0.5) is 0 Å². The summed E-state index contributed by atoms with van der Waals surface area (Å²) in [5.41, 5.74) is -0.641. The van der Waals surface area contributed by atoms with Crippen LogP contribution >= 0.6 is 11.5 Å². The second-order valence-corrected chi connectivity index (χ2v) is 6.76. The number of aliphatic hydroxyl groups excluding tert-OH is 1. The van der Waals surface area contributed by atoms with E-state index in [1.54, 1.807) is 0 Å². The highest BCUT2D eigenvalue weighted by Gasteiger charge is 2.41. The summed E-state index contributed by atoms with van der Waals surface area (Å²) in [6.07, 6.45) is 7.87. The van der Waals surface area contributed by atoms with Crippen LogP contribution in [0.3, 0.4) is 0 Å². The summed E-state index contributed by atoms with van der Waals surface area (Å²) in [7, 11) is 0. The fraction of sp³-hybridized carbons (Fsp3) is 0.529. The van der Waals surface area contributed by atoms with Gasteiger partial charge in [-0.2, -0.15) is 4.37 Å². The minimum absolute atomic E-state index is 0.195. The highest BCUT2D eigenvalue weighted by molar-refractivity contribution is 7.13. The molecule has 2 aromatic rings. The Hall–Kier alpha value is -0.970. The topological polar surface area (TPSA) is 53.4 Å². The van der Waals surface area contributed by atoms with Crippen molar-refractivity contribution in [1.82, 2.24) is 4.37 Å². The minimum atomic E-state index is -1.28. The number of benzene rings is 1. The molecule has 0 unspecified atom stereocenters. The highest BCUT2D eigenvalue weighted by Crippen LogP contribution is 2.42. The molecule has 3 rings (SSSR count). The average molecular weight is 304 g/mol. The maximum Gasteiger partial charge on any atom is 0.140 e. The van der Waals surface area contributed by atoms with Gasteiger partial charge in [0.05, 0.1) is 10.4 Å². The molecule has 113 valence electrons. The molecule has 1 atom stereocenters. The molecule has 21 heavy (non-hydrogen) atoms. The molecule has 3 nitrogen and oxygen atoms in total. The maximum atomic E-state index is 11.2. The summed E-state index contributed by atoms with van der Waals surface area (Å²) >= 11 is 1.40. The van der Waals surface area contributed by atoms with E-state index in [0.717, 1.165) is 35.8 Å². The summed E-state index contributed by atoms with van der Waals surface area (Å²) in [5.74, 6) is 0. The monoisotopic (exact) mass is 304 g/mol. The first-order chi connectivity index (χ1) is 10.2. The Morgan fingerprint density at radius 2 is 1.71 bits per heavy atom. The second kappa shape index (κ2) is 6.42. The number of nitrogens with zero attached hydrogens (tertiary/aromatic N) is 1. The Balaban J connectivity index is 1.97. The SMILES string of the molecule is O[C]1CCCCCCCC[C@]1(O)c1nsc2ccccc12. The molecular formula is C17H22NO2S. The Morgan fingerprint density at radius 1 is 1.00 bits per heavy atom. The summed E-state index contributed by atoms with van der Waals surface area (Å²) in [6, 6.07) is 7.93. The third-order valence-corrected chi connectivity index (χ3v) is 5.28. The molecule has 1 radical (unpaired) electrons. The fourth-order valence-corrected chi connectivity index (χ4v) is 4.01. The predicted octanol–water partition coefficient (Wildman–Crippen LogP) is 4.52. The standard InChI is InChI=1S/C17H22NO2S/c19-15-11-5-3-1-2-4-8-12-17(15,20)16-13-9-6-7-10-14(13)21-18-16/h6-7,9-10,19-20H,1-5,8,11-12H2/t17-/m1/s1. The molecule has 1 aliphatic carbocycles. The van der Waals surface area contributed by atoms with Crippen LogP contribution in [0, 0.1) is 6.10 Å². The zero-order chi connectivity index (χ0) is 14.7. The molecule has 0 saturated heterocycles. The van der Waals surface area contributed by atoms with Crippen LogP contribution < -0.4 is 0 Å². The first-order valence-electron chi connectivity index (χ1n) is 7.84. The fourth-order valence-electron chi connectivity index (χ4n) is 3.17. The smallest absolute Gasteiger partial charge is 0.140 e. The van der Waals surface area contributed by atoms with Gasteiger partial charge in [0.1, 0.15) is 11.7 Å². The van der Waals surface area contributed by atoms with Crippen LogP contribution in [0.15, 0.2) is 24.3 Å². The van der Waals surface area contributed by atoms with E-state index in [1.807, 2.05) is 24.3 Å². The van der Waals surface area contributed by atoms with Gasteiger partial charge in [0.15, 0.2) is 0 Å². The summed E-state index contributed by atoms with van der Waals surface area (Å²) in [4.78, 5) is 0. The van der Waals surface area contributed by atoms with Crippen molar-refractivity contribution < 1.29 is 10.2 Å². The summed E-state index contributed by atoms with van der Waals surface area (Å²) in [5, 5.41) is 22.7. The first-order valence-corrected chi connectivity index (χ1v) is 8.62. The lowest BCUT2D eigenvalue weighted by Gasteiger charge is -2.32. The van der Waals surface area contributed by atoms with Crippen molar-refractivity contribution in [3.63, 3.8) is 0 Å². The van der Waals surface area contributed by atoms with Crippen LogP contribution in [-0.4, -0.2) is 14.6 Å². The van der Waals surface area contributed by atoms with Crippen molar-refractivity contribution in [3.05, 3.63) is 36.1 Å². The molecule has 0 aliphatic heterocycles. The molecule has 4 heteroatoms. The van der Waals surface area contributed by atoms with Gasteiger partial charge in [0.2, 0.25) is 0 Å². The average Bonchev–Trinajstić information content (AvgIpc) is 2.93. The molecular weight excluding hydrogens is 282 g/mol. The Kier molecular flexibility index (Phi) is 4.57. The molecule has 0 spiro atoms. The molecule has 1 aromatic heterocycles. The van der Waals surface area contributed by atoms with Crippen LogP contribution in [0.25, 0.3) is 10.1 Å². The zero-order valence-electron chi connectivity index (χ0n) is 12.2. The van der Waals surface area contributed by atoms with Crippen molar-refractivity contribution in [2.75, 3.05) is 0 Å². The van der Waals surface area contributed by atoms with Gasteiger partial charge in [-0.3, -0.25) is 0 Å². The lowest BCUT2D eigenvalue weighted by atomic mass is 9.82. The van der Waals surface area contributed by atoms with Gasteiger partial charge in [-0.05, 0) is 30.4 Å². The first kappa shape index (κ1) is 14.9. The summed E-state index contributed by atoms with van der Waals surface area (Å²) < 4.78 is 5.54. The summed E-state index contributed by atoms with van der Waals surface area (Å²) in [6.45, 7) is 0. The van der Waals surface area contributed by atoms with E-state index in [2.05, 4.69) is 4.37 Å². The Bertz CT molecular complexity index is 597. The Morgan fingerprint density at radius 3 is 2.57 bits per heavy atom. The number of hydrogen-bond acceptors (Lipinski definition) is 4. The molecule has 1 fully saturated rings. The Labute approximate surface area is 129 Å². The van der Waals surface area contributed by atoms with Gasteiger partial charge in [-0.1, -0.05) is 56.7 Å². The van der Waals surface area contributed by atoms with Crippen LogP contribution in [0.5, 0.6) is 0 Å². The van der Waals surface area contributed by atoms with E-state index < -0.39 is 5.60 Å². The molecule has 1 aliphatic rings. The van der Waals surface area contributed by atoms with Gasteiger partial charge in [-0.25, -0.2) is 0 Å². The molecule has 1 aromatic carbocycles. The van der Waals surface area contributed by atoms with Crippen molar-refractivity contribution in [2.24, 2.45) is 0 Å². The third-order valence-electron chi connectivity index (χ3n) is 4.45. The molecule has 2 N–H and O–H groups in total. The van der Waals surface area contributed by atoms with Gasteiger partial charge in [-0.15, -0.1) is 0 Å².